The molecule has 2 aliphatic heterocycles. The number of benzene rings is 2. The molecule has 0 radical (unpaired) electrons. The fraction of sp³-hybridized carbons (Fsp3) is 0.600. The van der Waals surface area contributed by atoms with E-state index in [-0.39, 0.29) is 43.4 Å². The third-order valence-corrected chi connectivity index (χ3v) is 8.90. The van der Waals surface area contributed by atoms with Crippen LogP contribution in [0.4, 0.5) is 5.69 Å². The highest BCUT2D eigenvalue weighted by atomic mass is 16.6. The number of likely N-dealkylation sites (tertiary alicyclic amines) is 1. The molecule has 1 fully saturated rings. The average Bonchev–Trinajstić information content (AvgIpc) is 3.06. The van der Waals surface area contributed by atoms with E-state index in [9.17, 15) is 9.59 Å². The van der Waals surface area contributed by atoms with Gasteiger partial charge in [-0.1, -0.05) is 45.9 Å². The molecule has 0 saturated carbocycles. The van der Waals surface area contributed by atoms with Crippen molar-refractivity contribution in [2.45, 2.75) is 70.9 Å². The van der Waals surface area contributed by atoms with Gasteiger partial charge in [0.1, 0.15) is 30.3 Å². The van der Waals surface area contributed by atoms with Gasteiger partial charge >= 0.3 is 5.97 Å². The Morgan fingerprint density at radius 3 is 2.30 bits per heavy atom. The largest absolute Gasteiger partial charge is 0.497 e. The molecule has 0 aromatic heterocycles. The number of carbonyl (C=O) groups excluding carboxylic acids is 2. The second-order valence-corrected chi connectivity index (χ2v) is 12.9. The SMILES string of the molecule is COCCCN1CCOc2ccc(CO[C@H]3CN(C(=O)[C@@H](N)C(C)C)C[C@@H](OC(=O)[C@@H](N)C(C)C)[C@@H]3c3ccc(OC)cc3)cc21. The molecule has 0 unspecified atom stereocenters. The lowest BCUT2D eigenvalue weighted by Gasteiger charge is -2.44. The van der Waals surface area contributed by atoms with Crippen molar-refractivity contribution >= 4 is 17.6 Å². The average molecular weight is 641 g/mol. The normalized spacial score (nSPS) is 21.0. The number of ether oxygens (including phenoxy) is 5. The summed E-state index contributed by atoms with van der Waals surface area (Å²) in [5.41, 5.74) is 15.4. The Bertz CT molecular complexity index is 1290. The molecule has 5 atom stereocenters. The minimum Gasteiger partial charge on any atom is -0.497 e. The highest BCUT2D eigenvalue weighted by molar-refractivity contribution is 5.82. The molecular weight excluding hydrogens is 588 g/mol. The van der Waals surface area contributed by atoms with E-state index in [4.69, 9.17) is 35.2 Å². The van der Waals surface area contributed by atoms with E-state index < -0.39 is 30.3 Å². The first kappa shape index (κ1) is 35.5. The van der Waals surface area contributed by atoms with E-state index >= 15 is 0 Å². The number of amides is 1. The van der Waals surface area contributed by atoms with Crippen LogP contribution in [0.3, 0.4) is 0 Å². The van der Waals surface area contributed by atoms with Crippen molar-refractivity contribution in [3.8, 4) is 11.5 Å². The van der Waals surface area contributed by atoms with Crippen molar-refractivity contribution in [1.29, 1.82) is 0 Å². The zero-order valence-corrected chi connectivity index (χ0v) is 28.1. The van der Waals surface area contributed by atoms with Crippen molar-refractivity contribution in [3.05, 3.63) is 53.6 Å². The van der Waals surface area contributed by atoms with Crippen molar-refractivity contribution < 1.29 is 33.3 Å². The predicted octanol–water partition coefficient (Wildman–Crippen LogP) is 3.32. The van der Waals surface area contributed by atoms with Crippen LogP contribution in [-0.2, 0) is 30.4 Å². The van der Waals surface area contributed by atoms with Crippen LogP contribution >= 0.6 is 0 Å². The van der Waals surface area contributed by atoms with Gasteiger partial charge in [-0.2, -0.15) is 0 Å². The number of fused-ring (bicyclic) bond motifs is 1. The Morgan fingerprint density at radius 2 is 1.65 bits per heavy atom. The molecule has 1 amide bonds. The molecule has 11 heteroatoms. The Balaban J connectivity index is 1.65. The minimum atomic E-state index is -0.801. The summed E-state index contributed by atoms with van der Waals surface area (Å²) in [6.07, 6.45) is -0.310. The predicted molar refractivity (Wildman–Crippen MR) is 177 cm³/mol. The van der Waals surface area contributed by atoms with Crippen LogP contribution < -0.4 is 25.8 Å². The van der Waals surface area contributed by atoms with Gasteiger partial charge in [-0.15, -0.1) is 0 Å². The molecule has 4 rings (SSSR count). The summed E-state index contributed by atoms with van der Waals surface area (Å²) in [5, 5.41) is 0. The van der Waals surface area contributed by atoms with Gasteiger partial charge < -0.3 is 45.0 Å². The fourth-order valence-corrected chi connectivity index (χ4v) is 5.92. The molecule has 0 bridgehead atoms. The summed E-state index contributed by atoms with van der Waals surface area (Å²) in [5.74, 6) is 0.280. The molecule has 254 valence electrons. The van der Waals surface area contributed by atoms with Crippen LogP contribution in [0.1, 0.15) is 51.2 Å². The van der Waals surface area contributed by atoms with Crippen molar-refractivity contribution in [2.24, 2.45) is 23.3 Å². The third kappa shape index (κ3) is 8.70. The Labute approximate surface area is 273 Å². The first-order valence-corrected chi connectivity index (χ1v) is 16.3. The number of esters is 1. The number of nitrogens with zero attached hydrogens (tertiary/aromatic N) is 2. The van der Waals surface area contributed by atoms with Crippen LogP contribution in [0.25, 0.3) is 0 Å². The summed E-state index contributed by atoms with van der Waals surface area (Å²) >= 11 is 0. The smallest absolute Gasteiger partial charge is 0.323 e. The number of anilines is 1. The zero-order chi connectivity index (χ0) is 33.4. The molecule has 1 saturated heterocycles. The fourth-order valence-electron chi connectivity index (χ4n) is 5.92. The molecule has 46 heavy (non-hydrogen) atoms. The molecule has 2 heterocycles. The van der Waals surface area contributed by atoms with Crippen LogP contribution in [0.15, 0.2) is 42.5 Å². The van der Waals surface area contributed by atoms with Crippen LogP contribution in [0.5, 0.6) is 11.5 Å². The number of carbonyl (C=O) groups is 2. The standard InChI is InChI=1S/C35H52N4O7/c1-22(2)32(36)34(40)39-19-29(45-21-24-8-13-28-27(18-24)38(15-17-44-28)14-7-16-42-5)31(25-9-11-26(43-6)12-10-25)30(20-39)46-35(41)33(37)23(3)4/h8-13,18,22-23,29-33H,7,14-17,19-21,36-37H2,1-6H3/t29-,30+,31+,32-,33-/m0/s1. The van der Waals surface area contributed by atoms with Gasteiger partial charge in [0.25, 0.3) is 0 Å². The topological polar surface area (TPSA) is 139 Å². The van der Waals surface area contributed by atoms with Gasteiger partial charge in [0.2, 0.25) is 5.91 Å². The van der Waals surface area contributed by atoms with Gasteiger partial charge in [0, 0.05) is 26.8 Å². The van der Waals surface area contributed by atoms with E-state index in [0.717, 1.165) is 42.1 Å². The molecule has 0 spiro atoms. The number of rotatable bonds is 14. The summed E-state index contributed by atoms with van der Waals surface area (Å²) in [6.45, 7) is 11.3. The Hall–Kier alpha value is -3.38. The van der Waals surface area contributed by atoms with Crippen LogP contribution in [0.2, 0.25) is 0 Å². The quantitative estimate of drug-likeness (QED) is 0.234. The molecule has 2 aromatic carbocycles. The van der Waals surface area contributed by atoms with Gasteiger partial charge in [-0.05, 0) is 53.6 Å². The maximum Gasteiger partial charge on any atom is 0.323 e. The number of hydrogen-bond donors (Lipinski definition) is 2. The maximum atomic E-state index is 13.6. The van der Waals surface area contributed by atoms with Crippen molar-refractivity contribution in [2.75, 3.05) is 58.5 Å². The number of methoxy groups -OCH3 is 2. The highest BCUT2D eigenvalue weighted by Gasteiger charge is 2.44. The Morgan fingerprint density at radius 1 is 0.957 bits per heavy atom. The molecule has 2 aromatic rings. The maximum absolute atomic E-state index is 13.6. The van der Waals surface area contributed by atoms with Gasteiger partial charge in [0.15, 0.2) is 0 Å². The summed E-state index contributed by atoms with van der Waals surface area (Å²) in [6, 6.07) is 12.2. The summed E-state index contributed by atoms with van der Waals surface area (Å²) in [7, 11) is 3.33. The highest BCUT2D eigenvalue weighted by Crippen LogP contribution is 2.37. The molecule has 2 aliphatic rings. The second kappa shape index (κ2) is 16.4. The molecular formula is C35H52N4O7. The van der Waals surface area contributed by atoms with E-state index in [2.05, 4.69) is 11.0 Å². The molecule has 11 nitrogen and oxygen atoms in total. The van der Waals surface area contributed by atoms with Gasteiger partial charge in [0.05, 0.1) is 50.6 Å². The number of nitrogens with two attached hydrogens (primary N) is 2. The van der Waals surface area contributed by atoms with Crippen molar-refractivity contribution in [1.82, 2.24) is 4.90 Å². The second-order valence-electron chi connectivity index (χ2n) is 12.9. The van der Waals surface area contributed by atoms with E-state index in [1.807, 2.05) is 64.1 Å². The van der Waals surface area contributed by atoms with Crippen LogP contribution in [-0.4, -0.2) is 94.7 Å². The number of piperidine rings is 1. The summed E-state index contributed by atoms with van der Waals surface area (Å²) in [4.78, 5) is 30.8. The van der Waals surface area contributed by atoms with Crippen molar-refractivity contribution in [3.63, 3.8) is 0 Å². The first-order valence-electron chi connectivity index (χ1n) is 16.3. The van der Waals surface area contributed by atoms with E-state index in [1.54, 1.807) is 19.1 Å². The van der Waals surface area contributed by atoms with Crippen LogP contribution in [0, 0.1) is 11.8 Å². The summed E-state index contributed by atoms with van der Waals surface area (Å²) < 4.78 is 29.4. The first-order chi connectivity index (χ1) is 22.0. The lowest BCUT2D eigenvalue weighted by molar-refractivity contribution is -0.166. The van der Waals surface area contributed by atoms with Gasteiger partial charge in [-0.3, -0.25) is 9.59 Å². The lowest BCUT2D eigenvalue weighted by atomic mass is 9.83. The van der Waals surface area contributed by atoms with E-state index in [0.29, 0.717) is 19.0 Å². The number of hydrogen-bond acceptors (Lipinski definition) is 10. The Kier molecular flexibility index (Phi) is 12.7. The minimum absolute atomic E-state index is 0.0638. The monoisotopic (exact) mass is 640 g/mol. The molecule has 4 N–H and O–H groups in total. The third-order valence-electron chi connectivity index (χ3n) is 8.90. The lowest BCUT2D eigenvalue weighted by Crippen LogP contribution is -2.59. The zero-order valence-electron chi connectivity index (χ0n) is 28.1. The van der Waals surface area contributed by atoms with Gasteiger partial charge in [-0.25, -0.2) is 0 Å². The van der Waals surface area contributed by atoms with E-state index in [1.165, 1.54) is 0 Å². The molecule has 0 aliphatic carbocycles.